The Bertz CT molecular complexity index is 2140. The molecule has 9 heteroatoms. The number of benzene rings is 4. The minimum Gasteiger partial charge on any atom is -0.341 e. The Morgan fingerprint density at radius 3 is 1.63 bits per heavy atom. The summed E-state index contributed by atoms with van der Waals surface area (Å²) in [6.07, 6.45) is 7.65. The Labute approximate surface area is 303 Å². The van der Waals surface area contributed by atoms with E-state index < -0.39 is 11.9 Å². The van der Waals surface area contributed by atoms with Crippen molar-refractivity contribution in [2.75, 3.05) is 0 Å². The van der Waals surface area contributed by atoms with E-state index in [0.717, 1.165) is 53.9 Å². The van der Waals surface area contributed by atoms with Crippen molar-refractivity contribution in [1.82, 2.24) is 4.57 Å². The lowest BCUT2D eigenvalue weighted by Crippen LogP contribution is -2.21. The van der Waals surface area contributed by atoms with Gasteiger partial charge in [-0.3, -0.25) is 9.59 Å². The molecular formula is C43H43N3O6. The van der Waals surface area contributed by atoms with Crippen molar-refractivity contribution < 1.29 is 28.9 Å². The monoisotopic (exact) mass is 697 g/mol. The summed E-state index contributed by atoms with van der Waals surface area (Å²) in [7, 11) is 0. The smallest absolute Gasteiger partial charge is 0.341 e. The SMILES string of the molecule is CCCCC(=NOC(=O)c1ccccc1)C(=O)c1ccc2c(c1)c1cc(C(=O)C(CC3CCCCC3)=NOC(=O)c3ccccc3)ccc1n2CC. The van der Waals surface area contributed by atoms with Crippen LogP contribution >= 0.6 is 0 Å². The summed E-state index contributed by atoms with van der Waals surface area (Å²) >= 11 is 0. The highest BCUT2D eigenvalue weighted by Crippen LogP contribution is 2.32. The summed E-state index contributed by atoms with van der Waals surface area (Å²) in [6, 6.07) is 28.1. The zero-order valence-corrected chi connectivity index (χ0v) is 29.7. The van der Waals surface area contributed by atoms with E-state index in [-0.39, 0.29) is 28.9 Å². The molecule has 9 nitrogen and oxygen atoms in total. The Hall–Kier alpha value is -5.70. The summed E-state index contributed by atoms with van der Waals surface area (Å²) in [5.41, 5.74) is 3.72. The summed E-state index contributed by atoms with van der Waals surface area (Å²) in [6.45, 7) is 4.73. The minimum absolute atomic E-state index is 0.161. The van der Waals surface area contributed by atoms with Gasteiger partial charge >= 0.3 is 11.9 Å². The number of ketones is 2. The number of nitrogens with zero attached hydrogens (tertiary/aromatic N) is 3. The highest BCUT2D eigenvalue weighted by atomic mass is 16.7. The third-order valence-electron chi connectivity index (χ3n) is 9.70. The Morgan fingerprint density at radius 2 is 1.13 bits per heavy atom. The number of hydrogen-bond acceptors (Lipinski definition) is 8. The van der Waals surface area contributed by atoms with Crippen LogP contribution in [0.25, 0.3) is 21.8 Å². The van der Waals surface area contributed by atoms with E-state index in [9.17, 15) is 19.2 Å². The standard InChI is InChI=1S/C43H43N3O6/c1-3-5-21-36(44-51-42(49)30-17-11-7-12-18-30)40(47)32-22-24-38-34(27-32)35-28-33(23-25-39(35)46(38)4-2)41(48)37(26-29-15-9-6-10-16-29)45-52-43(50)31-19-13-8-14-20-31/h7-8,11-14,17-20,22-25,27-29H,3-6,9-10,15-16,21,26H2,1-2H3. The maximum absolute atomic E-state index is 14.2. The van der Waals surface area contributed by atoms with Gasteiger partial charge in [-0.25, -0.2) is 9.59 Å². The van der Waals surface area contributed by atoms with Gasteiger partial charge in [-0.05, 0) is 92.8 Å². The molecule has 1 heterocycles. The molecule has 0 N–H and O–H groups in total. The molecule has 0 radical (unpaired) electrons. The Morgan fingerprint density at radius 1 is 0.635 bits per heavy atom. The Balaban J connectivity index is 1.34. The van der Waals surface area contributed by atoms with E-state index in [2.05, 4.69) is 14.9 Å². The van der Waals surface area contributed by atoms with Gasteiger partial charge in [0.25, 0.3) is 0 Å². The molecule has 0 bridgehead atoms. The second kappa shape index (κ2) is 17.0. The summed E-state index contributed by atoms with van der Waals surface area (Å²) in [5.74, 6) is -1.61. The van der Waals surface area contributed by atoms with Crippen LogP contribution in [-0.4, -0.2) is 39.5 Å². The van der Waals surface area contributed by atoms with Crippen molar-refractivity contribution in [3.8, 4) is 0 Å². The number of carbonyl (C=O) groups excluding carboxylic acids is 4. The number of fused-ring (bicyclic) bond motifs is 3. The van der Waals surface area contributed by atoms with Crippen LogP contribution in [0.15, 0.2) is 107 Å². The molecule has 1 fully saturated rings. The third-order valence-corrected chi connectivity index (χ3v) is 9.70. The van der Waals surface area contributed by atoms with Crippen molar-refractivity contribution in [3.63, 3.8) is 0 Å². The van der Waals surface area contributed by atoms with Gasteiger partial charge in [0.1, 0.15) is 11.4 Å². The zero-order chi connectivity index (χ0) is 36.5. The van der Waals surface area contributed by atoms with Gasteiger partial charge in [0, 0.05) is 39.5 Å². The maximum Gasteiger partial charge on any atom is 0.365 e. The number of Topliss-reactive ketones (excluding diaryl/α,β-unsaturated/α-hetero) is 2. The van der Waals surface area contributed by atoms with E-state index in [0.29, 0.717) is 48.1 Å². The second-order valence-corrected chi connectivity index (χ2v) is 13.2. The Kier molecular flexibility index (Phi) is 11.8. The number of oxime groups is 2. The lowest BCUT2D eigenvalue weighted by Gasteiger charge is -2.21. The van der Waals surface area contributed by atoms with E-state index in [1.54, 1.807) is 66.7 Å². The molecule has 1 aromatic heterocycles. The molecule has 5 aromatic rings. The topological polar surface area (TPSA) is 116 Å². The van der Waals surface area contributed by atoms with E-state index in [1.807, 2.05) is 44.2 Å². The summed E-state index contributed by atoms with van der Waals surface area (Å²) < 4.78 is 2.14. The number of aryl methyl sites for hydroxylation is 1. The largest absolute Gasteiger partial charge is 0.365 e. The van der Waals surface area contributed by atoms with Crippen molar-refractivity contribution in [2.24, 2.45) is 16.2 Å². The first-order valence-electron chi connectivity index (χ1n) is 18.2. The number of rotatable bonds is 14. The normalized spacial score (nSPS) is 14.0. The third kappa shape index (κ3) is 8.26. The quantitative estimate of drug-likeness (QED) is 0.0494. The van der Waals surface area contributed by atoms with Gasteiger partial charge in [-0.1, -0.05) is 92.2 Å². The van der Waals surface area contributed by atoms with E-state index >= 15 is 0 Å². The number of hydrogen-bond donors (Lipinski definition) is 0. The summed E-state index contributed by atoms with van der Waals surface area (Å²) in [4.78, 5) is 64.1. The molecular weight excluding hydrogens is 654 g/mol. The van der Waals surface area contributed by atoms with Gasteiger partial charge in [-0.2, -0.15) is 0 Å². The average Bonchev–Trinajstić information content (AvgIpc) is 3.52. The first-order chi connectivity index (χ1) is 25.4. The molecule has 52 heavy (non-hydrogen) atoms. The maximum atomic E-state index is 14.2. The average molecular weight is 698 g/mol. The fraction of sp³-hybridized carbons (Fsp3) is 0.302. The van der Waals surface area contributed by atoms with Gasteiger partial charge in [0.05, 0.1) is 11.1 Å². The predicted octanol–water partition coefficient (Wildman–Crippen LogP) is 9.77. The number of aromatic nitrogens is 1. The van der Waals surface area contributed by atoms with Crippen LogP contribution in [-0.2, 0) is 16.2 Å². The molecule has 6 rings (SSSR count). The van der Waals surface area contributed by atoms with Gasteiger partial charge in [-0.15, -0.1) is 0 Å². The lowest BCUT2D eigenvalue weighted by atomic mass is 9.84. The lowest BCUT2D eigenvalue weighted by molar-refractivity contribution is 0.0504. The van der Waals surface area contributed by atoms with E-state index in [4.69, 9.17) is 9.68 Å². The molecule has 1 aliphatic carbocycles. The van der Waals surface area contributed by atoms with Gasteiger partial charge in [0.15, 0.2) is 0 Å². The van der Waals surface area contributed by atoms with E-state index in [1.165, 1.54) is 6.42 Å². The van der Waals surface area contributed by atoms with Crippen molar-refractivity contribution in [1.29, 1.82) is 0 Å². The molecule has 4 aromatic carbocycles. The zero-order valence-electron chi connectivity index (χ0n) is 29.7. The predicted molar refractivity (Wildman–Crippen MR) is 203 cm³/mol. The molecule has 266 valence electrons. The molecule has 0 amide bonds. The van der Waals surface area contributed by atoms with Crippen molar-refractivity contribution >= 4 is 56.7 Å². The molecule has 0 unspecified atom stereocenters. The number of carbonyl (C=O) groups is 4. The molecule has 0 spiro atoms. The highest BCUT2D eigenvalue weighted by molar-refractivity contribution is 6.47. The second-order valence-electron chi connectivity index (χ2n) is 13.2. The first kappa shape index (κ1) is 36.1. The van der Waals surface area contributed by atoms with Crippen LogP contribution in [0, 0.1) is 5.92 Å². The van der Waals surface area contributed by atoms with Gasteiger partial charge < -0.3 is 14.2 Å². The van der Waals surface area contributed by atoms with Crippen LogP contribution in [0.2, 0.25) is 0 Å². The molecule has 1 saturated carbocycles. The van der Waals surface area contributed by atoms with Crippen LogP contribution in [0.1, 0.15) is 113 Å². The fourth-order valence-electron chi connectivity index (χ4n) is 6.89. The van der Waals surface area contributed by atoms with Gasteiger partial charge in [0.2, 0.25) is 11.6 Å². The molecule has 0 aliphatic heterocycles. The van der Waals surface area contributed by atoms with Crippen molar-refractivity contribution in [2.45, 2.75) is 78.2 Å². The molecule has 0 atom stereocenters. The highest BCUT2D eigenvalue weighted by Gasteiger charge is 2.25. The molecule has 1 aliphatic rings. The minimum atomic E-state index is -0.637. The van der Waals surface area contributed by atoms with Crippen molar-refractivity contribution in [3.05, 3.63) is 119 Å². The van der Waals surface area contributed by atoms with Crippen LogP contribution in [0.3, 0.4) is 0 Å². The van der Waals surface area contributed by atoms with Crippen LogP contribution in [0.5, 0.6) is 0 Å². The fourth-order valence-corrected chi connectivity index (χ4v) is 6.89. The van der Waals surface area contributed by atoms with Crippen LogP contribution < -0.4 is 0 Å². The molecule has 0 saturated heterocycles. The van der Waals surface area contributed by atoms with Crippen LogP contribution in [0.4, 0.5) is 0 Å². The summed E-state index contributed by atoms with van der Waals surface area (Å²) in [5, 5.41) is 9.84. The first-order valence-corrected chi connectivity index (χ1v) is 18.2. The number of unbranched alkanes of at least 4 members (excludes halogenated alkanes) is 1.